The first kappa shape index (κ1) is 54.0. The number of nitrogens with one attached hydrogen (secondary N) is 2. The summed E-state index contributed by atoms with van der Waals surface area (Å²) in [6.45, 7) is 18.2. The maximum Gasteiger partial charge on any atom is 0.197 e. The van der Waals surface area contributed by atoms with Gasteiger partial charge in [0.1, 0.15) is 0 Å². The molecule has 16 rings (SSSR count). The molecule has 0 unspecified atom stereocenters. The molecule has 0 amide bonds. The molecule has 7 aliphatic rings. The van der Waals surface area contributed by atoms with Crippen LogP contribution >= 0.6 is 31.9 Å². The highest BCUT2D eigenvalue weighted by atomic mass is 79.9. The summed E-state index contributed by atoms with van der Waals surface area (Å²) in [5.74, 6) is -0.155. The second kappa shape index (κ2) is 21.5. The molecule has 410 valence electrons. The predicted octanol–water partition coefficient (Wildman–Crippen LogP) is 20.6. The van der Waals surface area contributed by atoms with Crippen molar-refractivity contribution in [3.63, 3.8) is 0 Å². The summed E-state index contributed by atoms with van der Waals surface area (Å²) in [4.78, 5) is 47.9. The Bertz CT molecular complexity index is 4490. The molecule has 0 saturated carbocycles. The van der Waals surface area contributed by atoms with E-state index in [1.54, 1.807) is 0 Å². The standard InChI is InChI=1S/C74H68Br2N4O2/c1-9-51-39(5)69-65-55-25-17-21-47-33-45-29-27-43(31-49(45)35-59(47)55)19-13-15-23-57-67(75)74(82)58(68(76)73(57)81)24-16-14-20-44-28-30-46-34-48-22-18-26-56(60(48)36-50(46)32-44)66(71-40(6)52(10-2)62(78-71)37-61(51)77-69)72-42(8)54(12-4)64(80-72)38-63-53(11-3)41(7)70(65)79-63/h17-18,21-22,25-38,77,79H,9-16,19-20,23-24H2,1-8H3. The van der Waals surface area contributed by atoms with Gasteiger partial charge >= 0.3 is 0 Å². The molecule has 6 aromatic carbocycles. The highest BCUT2D eigenvalue weighted by molar-refractivity contribution is 9.12. The van der Waals surface area contributed by atoms with Gasteiger partial charge in [0.15, 0.2) is 11.6 Å². The number of aryl methyl sites for hydroxylation is 6. The number of H-pyrrole nitrogens is 2. The van der Waals surface area contributed by atoms with Gasteiger partial charge in [-0.15, -0.1) is 0 Å². The molecule has 0 saturated heterocycles. The van der Waals surface area contributed by atoms with Crippen molar-refractivity contribution >= 4 is 131 Å². The molecular formula is C74H68Br2N4O2. The molecule has 0 fully saturated rings. The molecule has 6 aliphatic heterocycles. The summed E-state index contributed by atoms with van der Waals surface area (Å²) in [5.41, 5.74) is 26.3. The Morgan fingerprint density at radius 1 is 0.451 bits per heavy atom. The van der Waals surface area contributed by atoms with E-state index >= 15 is 0 Å². The Morgan fingerprint density at radius 3 is 1.30 bits per heavy atom. The van der Waals surface area contributed by atoms with Gasteiger partial charge in [0.05, 0.1) is 42.8 Å². The van der Waals surface area contributed by atoms with Crippen LogP contribution in [0.25, 0.3) is 110 Å². The Morgan fingerprint density at radius 2 is 0.878 bits per heavy atom. The van der Waals surface area contributed by atoms with E-state index < -0.39 is 0 Å². The summed E-state index contributed by atoms with van der Waals surface area (Å²) < 4.78 is 0.834. The zero-order valence-electron chi connectivity index (χ0n) is 48.3. The molecule has 1 aliphatic carbocycles. The SMILES string of the molecule is CCC1=C(C)c2nc1cc1[nH]c(c(C)c1CC)c1c3[nH]c(cc4nc(c2-c2cccc5cc6ccc(cc6cc25)CCCCC2=C(Br)C(=O)C(=C(Br)C2=O)CCCCc2ccc5cc6cccc-1c6cc5c2)C(C)=C4CC)c(CC)c3C. The zero-order valence-corrected chi connectivity index (χ0v) is 51.5. The molecule has 3 aromatic heterocycles. The van der Waals surface area contributed by atoms with Gasteiger partial charge in [-0.05, 0) is 283 Å². The summed E-state index contributed by atoms with van der Waals surface area (Å²) in [7, 11) is 0. The van der Waals surface area contributed by atoms with Gasteiger partial charge < -0.3 is 9.97 Å². The first-order chi connectivity index (χ1) is 39.8. The third kappa shape index (κ3) is 8.93. The molecule has 9 aromatic rings. The molecule has 0 radical (unpaired) electrons. The Kier molecular flexibility index (Phi) is 14.2. The highest BCUT2D eigenvalue weighted by Gasteiger charge is 2.32. The van der Waals surface area contributed by atoms with Crippen molar-refractivity contribution in [2.75, 3.05) is 0 Å². The minimum Gasteiger partial charge on any atom is -0.354 e. The second-order valence-electron chi connectivity index (χ2n) is 23.2. The third-order valence-corrected chi connectivity index (χ3v) is 20.3. The maximum atomic E-state index is 14.0. The minimum absolute atomic E-state index is 0.0773. The maximum absolute atomic E-state index is 14.0. The average Bonchev–Trinajstić information content (AvgIpc) is 3.81. The Hall–Kier alpha value is -7.26. The number of aromatic amines is 2. The molecular weight excluding hydrogens is 1140 g/mol. The number of hydrogen-bond acceptors (Lipinski definition) is 4. The van der Waals surface area contributed by atoms with Crippen molar-refractivity contribution in [3.05, 3.63) is 185 Å². The second-order valence-corrected chi connectivity index (χ2v) is 24.8. The fourth-order valence-electron chi connectivity index (χ4n) is 14.2. The lowest BCUT2D eigenvalue weighted by molar-refractivity contribution is -0.115. The van der Waals surface area contributed by atoms with Gasteiger partial charge in [-0.3, -0.25) is 9.59 Å². The lowest BCUT2D eigenvalue weighted by atomic mass is 9.89. The van der Waals surface area contributed by atoms with Crippen LogP contribution < -0.4 is 0 Å². The van der Waals surface area contributed by atoms with Crippen LogP contribution in [-0.2, 0) is 35.3 Å². The number of aromatic nitrogens is 4. The van der Waals surface area contributed by atoms with Crippen LogP contribution in [0.2, 0.25) is 0 Å². The van der Waals surface area contributed by atoms with Gasteiger partial charge in [-0.25, -0.2) is 9.97 Å². The summed E-state index contributed by atoms with van der Waals surface area (Å²) in [6.07, 6.45) is 9.45. The van der Waals surface area contributed by atoms with Crippen LogP contribution in [0.4, 0.5) is 0 Å². The van der Waals surface area contributed by atoms with Crippen LogP contribution in [0.1, 0.15) is 149 Å². The normalized spacial score (nSPS) is 15.6. The summed E-state index contributed by atoms with van der Waals surface area (Å²) in [6, 6.07) is 41.3. The van der Waals surface area contributed by atoms with Crippen LogP contribution in [0.3, 0.4) is 0 Å². The van der Waals surface area contributed by atoms with E-state index in [0.29, 0.717) is 33.0 Å². The monoisotopic (exact) mass is 1200 g/mol. The molecule has 6 nitrogen and oxygen atoms in total. The van der Waals surface area contributed by atoms with Crippen LogP contribution in [0.15, 0.2) is 129 Å². The number of hydrogen-bond donors (Lipinski definition) is 2. The van der Waals surface area contributed by atoms with Crippen molar-refractivity contribution in [1.82, 2.24) is 19.9 Å². The van der Waals surface area contributed by atoms with Gasteiger partial charge in [-0.2, -0.15) is 0 Å². The van der Waals surface area contributed by atoms with Gasteiger partial charge in [0, 0.05) is 33.3 Å². The van der Waals surface area contributed by atoms with Crippen LogP contribution in [0.5, 0.6) is 0 Å². The number of allylic oxidation sites excluding steroid dienone is 8. The van der Waals surface area contributed by atoms with E-state index in [1.165, 1.54) is 88.0 Å². The number of Topliss-reactive ketones (excluding diaryl/α,β-unsaturated/α-hetero) is 2. The topological polar surface area (TPSA) is 91.5 Å². The number of rotatable bonds is 4. The van der Waals surface area contributed by atoms with Gasteiger partial charge in [0.2, 0.25) is 0 Å². The molecule has 2 N–H and O–H groups in total. The Balaban J connectivity index is 1.13. The fourth-order valence-corrected chi connectivity index (χ4v) is 15.4. The molecule has 82 heavy (non-hydrogen) atoms. The van der Waals surface area contributed by atoms with Crippen LogP contribution in [-0.4, -0.2) is 31.5 Å². The third-order valence-electron chi connectivity index (χ3n) is 18.6. The number of halogens is 2. The highest BCUT2D eigenvalue weighted by Crippen LogP contribution is 2.47. The van der Waals surface area contributed by atoms with Crippen LogP contribution in [0, 0.1) is 13.8 Å². The van der Waals surface area contributed by atoms with Gasteiger partial charge in [-0.1, -0.05) is 100 Å². The average molecular weight is 1210 g/mol. The van der Waals surface area contributed by atoms with Crippen molar-refractivity contribution in [2.45, 2.75) is 132 Å². The van der Waals surface area contributed by atoms with E-state index in [-0.39, 0.29) is 11.6 Å². The lowest BCUT2D eigenvalue weighted by Gasteiger charge is -2.19. The van der Waals surface area contributed by atoms with E-state index in [0.717, 1.165) is 142 Å². The molecule has 9 heterocycles. The minimum atomic E-state index is -0.0778. The van der Waals surface area contributed by atoms with E-state index in [4.69, 9.17) is 9.97 Å². The first-order valence-corrected chi connectivity index (χ1v) is 31.4. The summed E-state index contributed by atoms with van der Waals surface area (Å²) >= 11 is 7.25. The smallest absolute Gasteiger partial charge is 0.197 e. The number of benzene rings is 6. The Labute approximate surface area is 497 Å². The lowest BCUT2D eigenvalue weighted by Crippen LogP contribution is -2.20. The van der Waals surface area contributed by atoms with E-state index in [9.17, 15) is 9.59 Å². The van der Waals surface area contributed by atoms with Crippen molar-refractivity contribution < 1.29 is 9.59 Å². The number of nitrogens with zero attached hydrogens (tertiary/aromatic N) is 2. The quantitative estimate of drug-likeness (QED) is 0.136. The molecule has 0 spiro atoms. The molecule has 0 atom stereocenters. The van der Waals surface area contributed by atoms with E-state index in [2.05, 4.69) is 206 Å². The predicted molar refractivity (Wildman–Crippen MR) is 353 cm³/mol. The fraction of sp³-hybridized carbons (Fsp3) is 0.270. The number of carbonyl (C=O) groups is 2. The molecule has 8 heteroatoms. The van der Waals surface area contributed by atoms with Crippen molar-refractivity contribution in [1.29, 1.82) is 0 Å². The molecule has 18 bridgehead atoms. The van der Waals surface area contributed by atoms with Gasteiger partial charge in [0.25, 0.3) is 0 Å². The zero-order chi connectivity index (χ0) is 56.8. The number of ketones is 2. The number of carbonyl (C=O) groups excluding carboxylic acids is 2. The first-order valence-electron chi connectivity index (χ1n) is 29.8. The summed E-state index contributed by atoms with van der Waals surface area (Å²) in [5, 5.41) is 9.43. The van der Waals surface area contributed by atoms with Crippen molar-refractivity contribution in [2.24, 2.45) is 0 Å². The van der Waals surface area contributed by atoms with Crippen molar-refractivity contribution in [3.8, 4) is 22.3 Å². The largest absolute Gasteiger partial charge is 0.354 e. The van der Waals surface area contributed by atoms with E-state index in [1.807, 2.05) is 0 Å².